The Hall–Kier alpha value is -2.06. The number of ether oxygens (including phenoxy) is 3. The maximum Gasteiger partial charge on any atom is 0.351 e. The van der Waals surface area contributed by atoms with Gasteiger partial charge in [-0.2, -0.15) is 0 Å². The molecule has 36 heavy (non-hydrogen) atoms. The van der Waals surface area contributed by atoms with Crippen molar-refractivity contribution < 1.29 is 23.8 Å². The molecule has 1 heterocycles. The van der Waals surface area contributed by atoms with E-state index in [2.05, 4.69) is 61.1 Å². The van der Waals surface area contributed by atoms with Crippen molar-refractivity contribution in [2.75, 3.05) is 19.0 Å². The molecule has 1 saturated carbocycles. The number of carbonyl (C=O) groups excluding carboxylic acids is 2. The minimum Gasteiger partial charge on any atom is -0.479 e. The van der Waals surface area contributed by atoms with Gasteiger partial charge in [0.1, 0.15) is 5.60 Å². The number of esters is 2. The van der Waals surface area contributed by atoms with Gasteiger partial charge in [-0.3, -0.25) is 0 Å². The summed E-state index contributed by atoms with van der Waals surface area (Å²) in [4.78, 5) is 25.8. The maximum atomic E-state index is 12.5. The molecule has 6 nitrogen and oxygen atoms in total. The number of thiophene rings is 1. The van der Waals surface area contributed by atoms with Crippen molar-refractivity contribution >= 4 is 44.9 Å². The predicted octanol–water partition coefficient (Wildman–Crippen LogP) is 7.70. The van der Waals surface area contributed by atoms with Crippen molar-refractivity contribution in [3.63, 3.8) is 0 Å². The number of carbonyl (C=O) groups is 2. The summed E-state index contributed by atoms with van der Waals surface area (Å²) in [7, 11) is 1.32. The third-order valence-corrected chi connectivity index (χ3v) is 8.20. The Morgan fingerprint density at radius 1 is 1.14 bits per heavy atom. The lowest BCUT2D eigenvalue weighted by molar-refractivity contribution is -0.157. The van der Waals surface area contributed by atoms with Crippen molar-refractivity contribution in [3.8, 4) is 16.2 Å². The van der Waals surface area contributed by atoms with Gasteiger partial charge in [0.05, 0.1) is 16.5 Å². The minimum atomic E-state index is -0.626. The van der Waals surface area contributed by atoms with Crippen LogP contribution < -0.4 is 10.1 Å². The second-order valence-electron chi connectivity index (χ2n) is 12.1. The van der Waals surface area contributed by atoms with Gasteiger partial charge in [0.2, 0.25) is 0 Å². The Morgan fingerprint density at radius 3 is 2.36 bits per heavy atom. The molecule has 2 aromatic rings. The van der Waals surface area contributed by atoms with E-state index in [4.69, 9.17) is 14.2 Å². The molecule has 0 atom stereocenters. The van der Waals surface area contributed by atoms with Gasteiger partial charge in [-0.15, -0.1) is 11.3 Å². The number of nitrogens with one attached hydrogen (secondary N) is 1. The summed E-state index contributed by atoms with van der Waals surface area (Å²) < 4.78 is 16.7. The second-order valence-corrected chi connectivity index (χ2v) is 13.9. The van der Waals surface area contributed by atoms with Crippen LogP contribution in [0, 0.1) is 10.8 Å². The lowest BCUT2D eigenvalue weighted by Crippen LogP contribution is -2.40. The molecule has 1 N–H and O–H groups in total. The Labute approximate surface area is 227 Å². The van der Waals surface area contributed by atoms with Gasteiger partial charge in [0.25, 0.3) is 0 Å². The Morgan fingerprint density at radius 2 is 1.78 bits per heavy atom. The molecule has 0 unspecified atom stereocenters. The molecule has 0 bridgehead atoms. The van der Waals surface area contributed by atoms with Gasteiger partial charge in [-0.1, -0.05) is 39.8 Å². The zero-order valence-corrected chi connectivity index (χ0v) is 24.9. The molecule has 1 aromatic carbocycles. The zero-order valence-electron chi connectivity index (χ0n) is 22.5. The molecule has 0 radical (unpaired) electrons. The largest absolute Gasteiger partial charge is 0.479 e. The second kappa shape index (κ2) is 10.7. The molecule has 0 saturated heterocycles. The highest BCUT2D eigenvalue weighted by atomic mass is 79.9. The summed E-state index contributed by atoms with van der Waals surface area (Å²) in [5.41, 5.74) is 1.90. The van der Waals surface area contributed by atoms with E-state index in [1.165, 1.54) is 24.9 Å². The lowest BCUT2D eigenvalue weighted by atomic mass is 9.63. The van der Waals surface area contributed by atoms with E-state index in [1.54, 1.807) is 20.8 Å². The van der Waals surface area contributed by atoms with E-state index < -0.39 is 17.5 Å². The molecule has 1 aromatic heterocycles. The molecule has 0 spiro atoms. The quantitative estimate of drug-likeness (QED) is 0.339. The van der Waals surface area contributed by atoms with Crippen LogP contribution >= 0.6 is 27.3 Å². The van der Waals surface area contributed by atoms with Crippen LogP contribution in [0.4, 0.5) is 5.69 Å². The van der Waals surface area contributed by atoms with E-state index in [-0.39, 0.29) is 28.1 Å². The van der Waals surface area contributed by atoms with E-state index >= 15 is 0 Å². The third-order valence-electron chi connectivity index (χ3n) is 5.98. The van der Waals surface area contributed by atoms with Gasteiger partial charge in [0.15, 0.2) is 17.2 Å². The van der Waals surface area contributed by atoms with Crippen molar-refractivity contribution in [2.24, 2.45) is 10.8 Å². The van der Waals surface area contributed by atoms with Crippen LogP contribution in [-0.2, 0) is 14.3 Å². The zero-order chi connectivity index (χ0) is 26.9. The fourth-order valence-corrected chi connectivity index (χ4v) is 7.34. The molecule has 198 valence electrons. The SMILES string of the molecule is COC(=O)c1sc(-c2cccc(NC3CC(C)(C)CC(C)(C)C3)c2)c(Br)c1OCC(=O)OC(C)(C)C. The Bertz CT molecular complexity index is 1100. The van der Waals surface area contributed by atoms with E-state index in [9.17, 15) is 9.59 Å². The van der Waals surface area contributed by atoms with Gasteiger partial charge < -0.3 is 19.5 Å². The lowest BCUT2D eigenvalue weighted by Gasteiger charge is -2.45. The first-order valence-corrected chi connectivity index (χ1v) is 13.8. The minimum absolute atomic E-state index is 0.279. The number of rotatable bonds is 7. The number of methoxy groups -OCH3 is 1. The molecule has 1 aliphatic carbocycles. The first-order valence-electron chi connectivity index (χ1n) is 12.2. The molecular formula is C28H38BrNO5S. The number of hydrogen-bond donors (Lipinski definition) is 1. The van der Waals surface area contributed by atoms with Crippen LogP contribution in [0.5, 0.6) is 5.75 Å². The highest BCUT2D eigenvalue weighted by molar-refractivity contribution is 9.10. The number of anilines is 1. The van der Waals surface area contributed by atoms with Gasteiger partial charge >= 0.3 is 11.9 Å². The molecule has 0 amide bonds. The van der Waals surface area contributed by atoms with Crippen LogP contribution in [0.25, 0.3) is 10.4 Å². The number of benzene rings is 1. The molecule has 8 heteroatoms. The van der Waals surface area contributed by atoms with Crippen LogP contribution in [0.2, 0.25) is 0 Å². The topological polar surface area (TPSA) is 73.9 Å². The van der Waals surface area contributed by atoms with Gasteiger partial charge in [-0.05, 0) is 84.5 Å². The smallest absolute Gasteiger partial charge is 0.351 e. The first-order chi connectivity index (χ1) is 16.6. The van der Waals surface area contributed by atoms with Gasteiger partial charge in [-0.25, -0.2) is 9.59 Å². The molecule has 3 rings (SSSR count). The average Bonchev–Trinajstić information content (AvgIpc) is 3.04. The molecule has 0 aliphatic heterocycles. The summed E-state index contributed by atoms with van der Waals surface area (Å²) >= 11 is 4.87. The monoisotopic (exact) mass is 579 g/mol. The highest BCUT2D eigenvalue weighted by Gasteiger charge is 2.38. The molecule has 1 fully saturated rings. The summed E-state index contributed by atoms with van der Waals surface area (Å²) in [5, 5.41) is 3.74. The Kier molecular flexibility index (Phi) is 8.50. The van der Waals surface area contributed by atoms with Crippen LogP contribution in [0.15, 0.2) is 28.7 Å². The first kappa shape index (κ1) is 28.5. The summed E-state index contributed by atoms with van der Waals surface area (Å²) in [6, 6.07) is 8.53. The summed E-state index contributed by atoms with van der Waals surface area (Å²) in [6.07, 6.45) is 3.43. The Balaban J connectivity index is 1.86. The molecular weight excluding hydrogens is 542 g/mol. The van der Waals surface area contributed by atoms with E-state index in [0.29, 0.717) is 10.5 Å². The summed E-state index contributed by atoms with van der Waals surface area (Å²) in [5.74, 6) is -0.753. The van der Waals surface area contributed by atoms with Crippen LogP contribution in [0.3, 0.4) is 0 Å². The number of hydrogen-bond acceptors (Lipinski definition) is 7. The van der Waals surface area contributed by atoms with Crippen molar-refractivity contribution in [2.45, 2.75) is 79.4 Å². The predicted molar refractivity (Wildman–Crippen MR) is 149 cm³/mol. The maximum absolute atomic E-state index is 12.5. The summed E-state index contributed by atoms with van der Waals surface area (Å²) in [6.45, 7) is 14.4. The molecule has 1 aliphatic rings. The normalized spacial score (nSPS) is 17.4. The fraction of sp³-hybridized carbons (Fsp3) is 0.571. The van der Waals surface area contributed by atoms with Crippen molar-refractivity contribution in [3.05, 3.63) is 33.6 Å². The fourth-order valence-electron chi connectivity index (χ4n) is 5.37. The average molecular weight is 581 g/mol. The van der Waals surface area contributed by atoms with Crippen LogP contribution in [0.1, 0.15) is 77.4 Å². The third kappa shape index (κ3) is 7.48. The van der Waals surface area contributed by atoms with Crippen molar-refractivity contribution in [1.82, 2.24) is 0 Å². The highest BCUT2D eigenvalue weighted by Crippen LogP contribution is 2.48. The standard InChI is InChI=1S/C28H38BrNO5S/c1-26(2,3)35-20(31)15-34-22-21(29)23(36-24(22)25(32)33-8)17-10-9-11-18(12-17)30-19-13-27(4,5)16-28(6,7)14-19/h9-12,19,30H,13-16H2,1-8H3. The van der Waals surface area contributed by atoms with E-state index in [1.807, 2.05) is 12.1 Å². The van der Waals surface area contributed by atoms with Gasteiger partial charge in [0, 0.05) is 11.7 Å². The van der Waals surface area contributed by atoms with E-state index in [0.717, 1.165) is 29.0 Å². The van der Waals surface area contributed by atoms with Crippen LogP contribution in [-0.4, -0.2) is 37.3 Å². The number of halogens is 1. The van der Waals surface area contributed by atoms with Crippen molar-refractivity contribution in [1.29, 1.82) is 0 Å².